The van der Waals surface area contributed by atoms with Crippen molar-refractivity contribution in [1.29, 1.82) is 0 Å². The van der Waals surface area contributed by atoms with Crippen LogP contribution in [0.2, 0.25) is 0 Å². The van der Waals surface area contributed by atoms with Crippen LogP contribution in [0.3, 0.4) is 0 Å². The molecule has 2 aromatic rings. The topological polar surface area (TPSA) is 77.8 Å². The first-order valence-electron chi connectivity index (χ1n) is 10.0. The lowest BCUT2D eigenvalue weighted by molar-refractivity contribution is -0.139. The van der Waals surface area contributed by atoms with E-state index < -0.39 is 11.9 Å². The van der Waals surface area contributed by atoms with Crippen molar-refractivity contribution in [2.75, 3.05) is 14.2 Å². The summed E-state index contributed by atoms with van der Waals surface area (Å²) in [5, 5.41) is 9.76. The average molecular weight is 402 g/mol. The highest BCUT2D eigenvalue weighted by Crippen LogP contribution is 2.31. The molecule has 0 aliphatic rings. The van der Waals surface area contributed by atoms with Crippen LogP contribution in [0.5, 0.6) is 11.5 Å². The first-order chi connectivity index (χ1) is 13.8. The number of unbranched alkanes of at least 4 members (excludes halogenated alkanes) is 3. The van der Waals surface area contributed by atoms with E-state index in [1.165, 1.54) is 7.11 Å². The molecule has 6 nitrogen and oxygen atoms in total. The number of hydrogen-bond acceptors (Lipinski definition) is 4. The molecule has 1 aromatic heterocycles. The van der Waals surface area contributed by atoms with Crippen molar-refractivity contribution in [3.8, 4) is 11.5 Å². The van der Waals surface area contributed by atoms with E-state index in [1.807, 2.05) is 13.0 Å². The van der Waals surface area contributed by atoms with E-state index in [4.69, 9.17) is 9.47 Å². The summed E-state index contributed by atoms with van der Waals surface area (Å²) in [6, 6.07) is 6.85. The zero-order valence-corrected chi connectivity index (χ0v) is 17.9. The predicted octanol–water partition coefficient (Wildman–Crippen LogP) is 4.72. The van der Waals surface area contributed by atoms with E-state index >= 15 is 0 Å². The second kappa shape index (κ2) is 10.1. The van der Waals surface area contributed by atoms with Crippen LogP contribution in [0.15, 0.2) is 24.3 Å². The summed E-state index contributed by atoms with van der Waals surface area (Å²) in [7, 11) is 4.83. The quantitative estimate of drug-likeness (QED) is 0.435. The molecule has 0 saturated heterocycles. The van der Waals surface area contributed by atoms with E-state index in [-0.39, 0.29) is 5.78 Å². The maximum Gasteiger partial charge on any atom is 0.312 e. The van der Waals surface area contributed by atoms with Crippen LogP contribution in [0.4, 0.5) is 0 Å². The van der Waals surface area contributed by atoms with Gasteiger partial charge >= 0.3 is 5.97 Å². The molecule has 0 bridgehead atoms. The molecule has 0 radical (unpaired) electrons. The monoisotopic (exact) mass is 401 g/mol. The molecular weight excluding hydrogens is 370 g/mol. The molecule has 0 amide bonds. The molecule has 1 aromatic carbocycles. The van der Waals surface area contributed by atoms with Gasteiger partial charge in [-0.1, -0.05) is 32.6 Å². The molecule has 1 atom stereocenters. The Morgan fingerprint density at radius 2 is 1.76 bits per heavy atom. The molecule has 2 rings (SSSR count). The number of carboxylic acid groups (broad SMARTS) is 1. The summed E-state index contributed by atoms with van der Waals surface area (Å²) in [5.74, 6) is -0.627. The number of aliphatic carboxylic acids is 1. The summed E-state index contributed by atoms with van der Waals surface area (Å²) in [5.41, 5.74) is 2.39. The van der Waals surface area contributed by atoms with E-state index in [2.05, 4.69) is 6.92 Å². The summed E-state index contributed by atoms with van der Waals surface area (Å²) in [4.78, 5) is 25.1. The Morgan fingerprint density at radius 3 is 2.34 bits per heavy atom. The highest BCUT2D eigenvalue weighted by molar-refractivity contribution is 6.09. The molecule has 1 unspecified atom stereocenters. The maximum atomic E-state index is 13.2. The number of ketones is 1. The number of aromatic nitrogens is 1. The van der Waals surface area contributed by atoms with Crippen molar-refractivity contribution in [1.82, 2.24) is 4.57 Å². The highest BCUT2D eigenvalue weighted by atomic mass is 16.5. The van der Waals surface area contributed by atoms with Gasteiger partial charge in [0.15, 0.2) is 11.5 Å². The van der Waals surface area contributed by atoms with Gasteiger partial charge in [-0.25, -0.2) is 0 Å². The van der Waals surface area contributed by atoms with Gasteiger partial charge in [-0.3, -0.25) is 9.59 Å². The number of aryl methyl sites for hydroxylation is 1. The molecule has 0 fully saturated rings. The van der Waals surface area contributed by atoms with Gasteiger partial charge in [0.05, 0.1) is 25.8 Å². The Balaban J connectivity index is 2.36. The van der Waals surface area contributed by atoms with Crippen molar-refractivity contribution in [2.24, 2.45) is 7.05 Å². The zero-order chi connectivity index (χ0) is 21.6. The Morgan fingerprint density at radius 1 is 1.07 bits per heavy atom. The Kier molecular flexibility index (Phi) is 7.88. The predicted molar refractivity (Wildman–Crippen MR) is 112 cm³/mol. The number of carbonyl (C=O) groups is 2. The third kappa shape index (κ3) is 5.00. The fourth-order valence-electron chi connectivity index (χ4n) is 3.73. The fourth-order valence-corrected chi connectivity index (χ4v) is 3.73. The van der Waals surface area contributed by atoms with E-state index in [9.17, 15) is 14.7 Å². The fraction of sp³-hybridized carbons (Fsp3) is 0.478. The Labute approximate surface area is 172 Å². The summed E-state index contributed by atoms with van der Waals surface area (Å²) >= 11 is 0. The number of benzene rings is 1. The van der Waals surface area contributed by atoms with Gasteiger partial charge in [0.1, 0.15) is 0 Å². The molecule has 1 heterocycles. The molecule has 29 heavy (non-hydrogen) atoms. The summed E-state index contributed by atoms with van der Waals surface area (Å²) in [6.45, 7) is 3.97. The number of rotatable bonds is 11. The van der Waals surface area contributed by atoms with Crippen LogP contribution in [-0.4, -0.2) is 35.6 Å². The lowest BCUT2D eigenvalue weighted by Crippen LogP contribution is -2.17. The Bertz CT molecular complexity index is 868. The third-order valence-electron chi connectivity index (χ3n) is 5.32. The number of carboxylic acids is 1. The van der Waals surface area contributed by atoms with Crippen LogP contribution in [0.25, 0.3) is 0 Å². The van der Waals surface area contributed by atoms with Gasteiger partial charge in [-0.05, 0) is 43.2 Å². The standard InChI is InChI=1S/C23H31NO5/c1-6-7-8-9-10-17(23(26)27)18-13-15(2)21(24(18)3)22(25)16-11-12-19(28-4)20(14-16)29-5/h11-14,17H,6-10H2,1-5H3,(H,26,27). The van der Waals surface area contributed by atoms with Crippen LogP contribution in [0.1, 0.15) is 72.3 Å². The number of ether oxygens (including phenoxy) is 2. The van der Waals surface area contributed by atoms with Crippen molar-refractivity contribution in [2.45, 2.75) is 51.9 Å². The largest absolute Gasteiger partial charge is 0.493 e. The van der Waals surface area contributed by atoms with Crippen molar-refractivity contribution < 1.29 is 24.2 Å². The first-order valence-corrected chi connectivity index (χ1v) is 10.0. The van der Waals surface area contributed by atoms with Crippen molar-refractivity contribution in [3.05, 3.63) is 46.8 Å². The Hall–Kier alpha value is -2.76. The minimum Gasteiger partial charge on any atom is -0.493 e. The zero-order valence-electron chi connectivity index (χ0n) is 17.9. The van der Waals surface area contributed by atoms with Crippen LogP contribution in [-0.2, 0) is 11.8 Å². The number of methoxy groups -OCH3 is 2. The molecule has 0 saturated carbocycles. The van der Waals surface area contributed by atoms with Crippen LogP contribution < -0.4 is 9.47 Å². The molecule has 158 valence electrons. The lowest BCUT2D eigenvalue weighted by Gasteiger charge is -2.15. The van der Waals surface area contributed by atoms with Gasteiger partial charge in [-0.2, -0.15) is 0 Å². The SMILES string of the molecule is CCCCCCC(C(=O)O)c1cc(C)c(C(=O)c2ccc(OC)c(OC)c2)n1C. The molecular formula is C23H31NO5. The van der Waals surface area contributed by atoms with Crippen LogP contribution in [0, 0.1) is 6.92 Å². The van der Waals surface area contributed by atoms with Gasteiger partial charge in [0.25, 0.3) is 0 Å². The molecule has 0 aliphatic heterocycles. The first kappa shape index (κ1) is 22.5. The smallest absolute Gasteiger partial charge is 0.312 e. The summed E-state index contributed by atoms with van der Waals surface area (Å²) < 4.78 is 12.3. The maximum absolute atomic E-state index is 13.2. The molecule has 0 spiro atoms. The normalized spacial score (nSPS) is 11.9. The number of nitrogens with zero attached hydrogens (tertiary/aromatic N) is 1. The number of hydrogen-bond donors (Lipinski definition) is 1. The van der Waals surface area contributed by atoms with E-state index in [1.54, 1.807) is 36.9 Å². The lowest BCUT2D eigenvalue weighted by atomic mass is 9.97. The van der Waals surface area contributed by atoms with Crippen molar-refractivity contribution >= 4 is 11.8 Å². The van der Waals surface area contributed by atoms with Crippen LogP contribution >= 0.6 is 0 Å². The van der Waals surface area contributed by atoms with Crippen molar-refractivity contribution in [3.63, 3.8) is 0 Å². The minimum absolute atomic E-state index is 0.174. The van der Waals surface area contributed by atoms with E-state index in [0.717, 1.165) is 31.2 Å². The minimum atomic E-state index is -0.854. The second-order valence-electron chi connectivity index (χ2n) is 7.30. The highest BCUT2D eigenvalue weighted by Gasteiger charge is 2.27. The second-order valence-corrected chi connectivity index (χ2v) is 7.30. The third-order valence-corrected chi connectivity index (χ3v) is 5.32. The number of carbonyl (C=O) groups excluding carboxylic acids is 1. The van der Waals surface area contributed by atoms with Gasteiger partial charge < -0.3 is 19.1 Å². The molecule has 0 aliphatic carbocycles. The van der Waals surface area contributed by atoms with Gasteiger partial charge in [0, 0.05) is 18.3 Å². The average Bonchev–Trinajstić information content (AvgIpc) is 3.00. The van der Waals surface area contributed by atoms with Gasteiger partial charge in [-0.15, -0.1) is 0 Å². The van der Waals surface area contributed by atoms with E-state index in [0.29, 0.717) is 34.9 Å². The molecule has 1 N–H and O–H groups in total. The summed E-state index contributed by atoms with van der Waals surface area (Å²) in [6.07, 6.45) is 4.64. The van der Waals surface area contributed by atoms with Gasteiger partial charge in [0.2, 0.25) is 5.78 Å². The molecule has 6 heteroatoms.